The van der Waals surface area contributed by atoms with Crippen molar-refractivity contribution < 1.29 is 9.18 Å². The molecule has 0 radical (unpaired) electrons. The van der Waals surface area contributed by atoms with Crippen LogP contribution in [-0.2, 0) is 4.79 Å². The number of halogens is 1. The van der Waals surface area contributed by atoms with Crippen molar-refractivity contribution in [1.82, 2.24) is 0 Å². The van der Waals surface area contributed by atoms with Gasteiger partial charge in [-0.25, -0.2) is 4.39 Å². The normalized spacial score (nSPS) is 10.3. The summed E-state index contributed by atoms with van der Waals surface area (Å²) in [6.45, 7) is 7.02. The topological polar surface area (TPSA) is 17.1 Å². The summed E-state index contributed by atoms with van der Waals surface area (Å²) in [6, 6.07) is 0. The molecule has 0 spiro atoms. The summed E-state index contributed by atoms with van der Waals surface area (Å²) in [6.07, 6.45) is 3.39. The van der Waals surface area contributed by atoms with Gasteiger partial charge in [0.05, 0.1) is 0 Å². The number of hydrogen-bond donors (Lipinski definition) is 0. The van der Waals surface area contributed by atoms with Gasteiger partial charge in [-0.3, -0.25) is 4.79 Å². The van der Waals surface area contributed by atoms with Crippen LogP contribution in [0.4, 0.5) is 4.39 Å². The lowest BCUT2D eigenvalue weighted by Gasteiger charge is -2.11. The van der Waals surface area contributed by atoms with Crippen LogP contribution in [0.1, 0.15) is 39.5 Å². The van der Waals surface area contributed by atoms with Gasteiger partial charge in [0.1, 0.15) is 0 Å². The third kappa shape index (κ3) is 3.65. The highest BCUT2D eigenvalue weighted by molar-refractivity contribution is 5.94. The standard InChI is InChI=1S/C10H17FO/c1-4-6-9(7-5-2)10(12)8(3)11/h9H,3-7H2,1-2H3. The number of rotatable bonds is 6. The van der Waals surface area contributed by atoms with Gasteiger partial charge in [-0.2, -0.15) is 0 Å². The van der Waals surface area contributed by atoms with Crippen molar-refractivity contribution in [2.45, 2.75) is 39.5 Å². The molecule has 0 aromatic heterocycles. The van der Waals surface area contributed by atoms with E-state index < -0.39 is 11.6 Å². The lowest BCUT2D eigenvalue weighted by Crippen LogP contribution is -2.14. The van der Waals surface area contributed by atoms with Gasteiger partial charge in [-0.05, 0) is 12.8 Å². The zero-order valence-corrected chi connectivity index (χ0v) is 7.90. The first-order valence-electron chi connectivity index (χ1n) is 4.52. The van der Waals surface area contributed by atoms with Crippen molar-refractivity contribution in [2.24, 2.45) is 5.92 Å². The van der Waals surface area contributed by atoms with E-state index in [1.165, 1.54) is 0 Å². The fourth-order valence-electron chi connectivity index (χ4n) is 1.32. The predicted molar refractivity (Wildman–Crippen MR) is 48.6 cm³/mol. The zero-order valence-electron chi connectivity index (χ0n) is 7.90. The van der Waals surface area contributed by atoms with E-state index in [0.29, 0.717) is 0 Å². The van der Waals surface area contributed by atoms with E-state index in [0.717, 1.165) is 25.7 Å². The van der Waals surface area contributed by atoms with Gasteiger partial charge in [0, 0.05) is 5.92 Å². The van der Waals surface area contributed by atoms with Crippen molar-refractivity contribution >= 4 is 5.78 Å². The molecule has 0 aliphatic heterocycles. The van der Waals surface area contributed by atoms with Crippen LogP contribution in [0, 0.1) is 5.92 Å². The average molecular weight is 172 g/mol. The molecule has 0 atom stereocenters. The van der Waals surface area contributed by atoms with Crippen LogP contribution in [-0.4, -0.2) is 5.78 Å². The molecule has 0 N–H and O–H groups in total. The molecule has 0 fully saturated rings. The third-order valence-corrected chi connectivity index (χ3v) is 1.91. The Balaban J connectivity index is 4.08. The second-order valence-electron chi connectivity index (χ2n) is 3.04. The molecule has 0 rings (SSSR count). The largest absolute Gasteiger partial charge is 0.291 e. The lowest BCUT2D eigenvalue weighted by atomic mass is 9.93. The fourth-order valence-corrected chi connectivity index (χ4v) is 1.32. The molecule has 0 amide bonds. The van der Waals surface area contributed by atoms with E-state index in [2.05, 4.69) is 6.58 Å². The highest BCUT2D eigenvalue weighted by Crippen LogP contribution is 2.18. The number of allylic oxidation sites excluding steroid dienone is 1. The maximum atomic E-state index is 12.4. The smallest absolute Gasteiger partial charge is 0.193 e. The minimum atomic E-state index is -0.790. The van der Waals surface area contributed by atoms with Crippen LogP contribution >= 0.6 is 0 Å². The maximum absolute atomic E-state index is 12.4. The van der Waals surface area contributed by atoms with E-state index in [-0.39, 0.29) is 5.92 Å². The second-order valence-corrected chi connectivity index (χ2v) is 3.04. The van der Waals surface area contributed by atoms with Gasteiger partial charge in [0.2, 0.25) is 0 Å². The monoisotopic (exact) mass is 172 g/mol. The number of carbonyl (C=O) groups is 1. The van der Waals surface area contributed by atoms with Crippen molar-refractivity contribution in [3.8, 4) is 0 Å². The molecule has 1 nitrogen and oxygen atoms in total. The van der Waals surface area contributed by atoms with Crippen molar-refractivity contribution in [1.29, 1.82) is 0 Å². The Hall–Kier alpha value is -0.660. The quantitative estimate of drug-likeness (QED) is 0.562. The molecular weight excluding hydrogens is 155 g/mol. The van der Waals surface area contributed by atoms with Crippen LogP contribution in [0.15, 0.2) is 12.4 Å². The zero-order chi connectivity index (χ0) is 9.56. The van der Waals surface area contributed by atoms with Crippen molar-refractivity contribution in [3.63, 3.8) is 0 Å². The molecule has 0 heterocycles. The van der Waals surface area contributed by atoms with E-state index in [1.807, 2.05) is 13.8 Å². The molecular formula is C10H17FO. The summed E-state index contributed by atoms with van der Waals surface area (Å²) >= 11 is 0. The summed E-state index contributed by atoms with van der Waals surface area (Å²) in [5, 5.41) is 0. The molecule has 0 saturated carbocycles. The first kappa shape index (κ1) is 11.3. The molecule has 0 aromatic carbocycles. The van der Waals surface area contributed by atoms with Gasteiger partial charge in [0.15, 0.2) is 11.6 Å². The van der Waals surface area contributed by atoms with Crippen LogP contribution < -0.4 is 0 Å². The number of ketones is 1. The summed E-state index contributed by atoms with van der Waals surface area (Å²) < 4.78 is 12.4. The van der Waals surface area contributed by atoms with Gasteiger partial charge >= 0.3 is 0 Å². The Labute approximate surface area is 73.7 Å². The highest BCUT2D eigenvalue weighted by atomic mass is 19.1. The summed E-state index contributed by atoms with van der Waals surface area (Å²) in [7, 11) is 0. The van der Waals surface area contributed by atoms with Crippen LogP contribution in [0.3, 0.4) is 0 Å². The average Bonchev–Trinajstić information content (AvgIpc) is 2.03. The van der Waals surface area contributed by atoms with E-state index >= 15 is 0 Å². The lowest BCUT2D eigenvalue weighted by molar-refractivity contribution is -0.121. The molecule has 0 unspecified atom stereocenters. The highest BCUT2D eigenvalue weighted by Gasteiger charge is 2.18. The Morgan fingerprint density at radius 1 is 1.33 bits per heavy atom. The fraction of sp³-hybridized carbons (Fsp3) is 0.700. The molecule has 0 aliphatic carbocycles. The molecule has 2 heteroatoms. The Kier molecular flexibility index (Phi) is 5.60. The Morgan fingerprint density at radius 2 is 1.75 bits per heavy atom. The van der Waals surface area contributed by atoms with Crippen LogP contribution in [0.2, 0.25) is 0 Å². The third-order valence-electron chi connectivity index (χ3n) is 1.91. The predicted octanol–water partition coefficient (Wildman–Crippen LogP) is 3.26. The summed E-state index contributed by atoms with van der Waals surface area (Å²) in [4.78, 5) is 11.1. The van der Waals surface area contributed by atoms with Crippen LogP contribution in [0.25, 0.3) is 0 Å². The van der Waals surface area contributed by atoms with Gasteiger partial charge < -0.3 is 0 Å². The second kappa shape index (κ2) is 5.92. The molecule has 0 aromatic rings. The number of carbonyl (C=O) groups excluding carboxylic acids is 1. The molecule has 70 valence electrons. The summed E-state index contributed by atoms with van der Waals surface area (Å²) in [5.41, 5.74) is 0. The first-order valence-corrected chi connectivity index (χ1v) is 4.52. The van der Waals surface area contributed by atoms with Gasteiger partial charge in [-0.1, -0.05) is 33.3 Å². The molecule has 0 aliphatic rings. The molecule has 0 bridgehead atoms. The Bertz CT molecular complexity index is 157. The van der Waals surface area contributed by atoms with Crippen molar-refractivity contribution in [2.75, 3.05) is 0 Å². The van der Waals surface area contributed by atoms with E-state index in [4.69, 9.17) is 0 Å². The van der Waals surface area contributed by atoms with Crippen LogP contribution in [0.5, 0.6) is 0 Å². The Morgan fingerprint density at radius 3 is 2.00 bits per heavy atom. The van der Waals surface area contributed by atoms with Crippen molar-refractivity contribution in [3.05, 3.63) is 12.4 Å². The first-order chi connectivity index (χ1) is 5.63. The number of Topliss-reactive ketones (excluding diaryl/α,β-unsaturated/α-hetero) is 1. The van der Waals surface area contributed by atoms with E-state index in [9.17, 15) is 9.18 Å². The SMILES string of the molecule is C=C(F)C(=O)C(CCC)CCC. The summed E-state index contributed by atoms with van der Waals surface area (Å²) in [5.74, 6) is -1.34. The minimum absolute atomic E-state index is 0.141. The van der Waals surface area contributed by atoms with Gasteiger partial charge in [0.25, 0.3) is 0 Å². The number of hydrogen-bond acceptors (Lipinski definition) is 1. The molecule has 0 saturated heterocycles. The van der Waals surface area contributed by atoms with Gasteiger partial charge in [-0.15, -0.1) is 0 Å². The van der Waals surface area contributed by atoms with E-state index in [1.54, 1.807) is 0 Å². The maximum Gasteiger partial charge on any atom is 0.193 e. The molecule has 12 heavy (non-hydrogen) atoms. The minimum Gasteiger partial charge on any atom is -0.291 e.